The van der Waals surface area contributed by atoms with Gasteiger partial charge in [0, 0.05) is 38.3 Å². The third kappa shape index (κ3) is 4.30. The number of hydrogen-bond donors (Lipinski definition) is 0. The predicted molar refractivity (Wildman–Crippen MR) is 104 cm³/mol. The first-order chi connectivity index (χ1) is 13.2. The molecule has 4 rings (SSSR count). The van der Waals surface area contributed by atoms with Crippen LogP contribution < -0.4 is 9.64 Å². The number of hydrogen-bond acceptors (Lipinski definition) is 3. The molecule has 2 aromatic carbocycles. The number of benzene rings is 2. The van der Waals surface area contributed by atoms with Gasteiger partial charge in [-0.2, -0.15) is 0 Å². The molecule has 2 heterocycles. The molecule has 2 fully saturated rings. The standard InChI is InChI=1S/C22H25FN2O2/c23-18-8-10-19(11-9-18)27-20-15-24(16-20)14-12-17-5-1-2-6-21(17)25-13-4-3-7-22(25)26/h1-2,5-6,8-11,20H,3-4,7,12-16H2. The highest BCUT2D eigenvalue weighted by Gasteiger charge is 2.28. The third-order valence-corrected chi connectivity index (χ3v) is 5.34. The largest absolute Gasteiger partial charge is 0.488 e. The molecule has 2 saturated heterocycles. The first-order valence-electron chi connectivity index (χ1n) is 9.72. The van der Waals surface area contributed by atoms with Crippen LogP contribution in [-0.2, 0) is 11.2 Å². The van der Waals surface area contributed by atoms with Crippen molar-refractivity contribution in [3.63, 3.8) is 0 Å². The summed E-state index contributed by atoms with van der Waals surface area (Å²) in [4.78, 5) is 16.6. The Morgan fingerprint density at radius 1 is 1.04 bits per heavy atom. The molecule has 4 nitrogen and oxygen atoms in total. The van der Waals surface area contributed by atoms with Crippen LogP contribution in [0.5, 0.6) is 5.75 Å². The number of para-hydroxylation sites is 1. The van der Waals surface area contributed by atoms with Crippen molar-refractivity contribution in [1.29, 1.82) is 0 Å². The normalized spacial score (nSPS) is 18.4. The van der Waals surface area contributed by atoms with Gasteiger partial charge in [-0.1, -0.05) is 18.2 Å². The van der Waals surface area contributed by atoms with Crippen LogP contribution in [0.1, 0.15) is 24.8 Å². The van der Waals surface area contributed by atoms with Crippen LogP contribution in [0, 0.1) is 5.82 Å². The number of rotatable bonds is 6. The van der Waals surface area contributed by atoms with Crippen molar-refractivity contribution in [3.8, 4) is 5.75 Å². The van der Waals surface area contributed by atoms with Crippen molar-refractivity contribution in [2.45, 2.75) is 31.8 Å². The summed E-state index contributed by atoms with van der Waals surface area (Å²) in [5, 5.41) is 0. The molecule has 0 spiro atoms. The van der Waals surface area contributed by atoms with Crippen molar-refractivity contribution in [2.75, 3.05) is 31.1 Å². The SMILES string of the molecule is O=C1CCCCN1c1ccccc1CCN1CC(Oc2ccc(F)cc2)C1. The summed E-state index contributed by atoms with van der Waals surface area (Å²) < 4.78 is 18.8. The number of ether oxygens (including phenoxy) is 1. The van der Waals surface area contributed by atoms with Gasteiger partial charge in [0.25, 0.3) is 0 Å². The fraction of sp³-hybridized carbons (Fsp3) is 0.409. The second-order valence-corrected chi connectivity index (χ2v) is 7.33. The molecule has 0 radical (unpaired) electrons. The molecule has 1 amide bonds. The zero-order valence-electron chi connectivity index (χ0n) is 15.4. The molecule has 0 saturated carbocycles. The topological polar surface area (TPSA) is 32.8 Å². The van der Waals surface area contributed by atoms with E-state index in [-0.39, 0.29) is 17.8 Å². The fourth-order valence-corrected chi connectivity index (χ4v) is 3.81. The quantitative estimate of drug-likeness (QED) is 0.780. The van der Waals surface area contributed by atoms with Gasteiger partial charge in [0.15, 0.2) is 0 Å². The number of amides is 1. The molecule has 27 heavy (non-hydrogen) atoms. The number of piperidine rings is 1. The smallest absolute Gasteiger partial charge is 0.226 e. The first kappa shape index (κ1) is 18.0. The van der Waals surface area contributed by atoms with E-state index in [2.05, 4.69) is 17.0 Å². The van der Waals surface area contributed by atoms with E-state index in [0.29, 0.717) is 6.42 Å². The van der Waals surface area contributed by atoms with E-state index < -0.39 is 0 Å². The second-order valence-electron chi connectivity index (χ2n) is 7.33. The van der Waals surface area contributed by atoms with Crippen molar-refractivity contribution in [3.05, 3.63) is 59.9 Å². The average molecular weight is 368 g/mol. The van der Waals surface area contributed by atoms with E-state index in [0.717, 1.165) is 56.9 Å². The van der Waals surface area contributed by atoms with E-state index in [9.17, 15) is 9.18 Å². The van der Waals surface area contributed by atoms with Crippen molar-refractivity contribution in [1.82, 2.24) is 4.90 Å². The molecule has 0 aromatic heterocycles. The summed E-state index contributed by atoms with van der Waals surface area (Å²) in [6, 6.07) is 14.4. The van der Waals surface area contributed by atoms with Gasteiger partial charge < -0.3 is 9.64 Å². The molecule has 0 N–H and O–H groups in total. The van der Waals surface area contributed by atoms with Gasteiger partial charge in [-0.25, -0.2) is 4.39 Å². The zero-order chi connectivity index (χ0) is 18.6. The molecule has 2 aliphatic heterocycles. The van der Waals surface area contributed by atoms with Gasteiger partial charge in [0.1, 0.15) is 17.7 Å². The van der Waals surface area contributed by atoms with Gasteiger partial charge in [-0.3, -0.25) is 9.69 Å². The minimum absolute atomic E-state index is 0.161. The zero-order valence-corrected chi connectivity index (χ0v) is 15.4. The van der Waals surface area contributed by atoms with Gasteiger partial charge >= 0.3 is 0 Å². The highest BCUT2D eigenvalue weighted by Crippen LogP contribution is 2.26. The predicted octanol–water partition coefficient (Wildman–Crippen LogP) is 3.65. The third-order valence-electron chi connectivity index (χ3n) is 5.34. The monoisotopic (exact) mass is 368 g/mol. The number of nitrogens with zero attached hydrogens (tertiary/aromatic N) is 2. The van der Waals surface area contributed by atoms with E-state index in [1.165, 1.54) is 17.7 Å². The second kappa shape index (κ2) is 8.09. The van der Waals surface area contributed by atoms with Crippen molar-refractivity contribution >= 4 is 11.6 Å². The minimum Gasteiger partial charge on any atom is -0.488 e. The molecule has 5 heteroatoms. The van der Waals surface area contributed by atoms with Crippen molar-refractivity contribution < 1.29 is 13.9 Å². The minimum atomic E-state index is -0.247. The lowest BCUT2D eigenvalue weighted by molar-refractivity contribution is -0.119. The maximum Gasteiger partial charge on any atom is 0.226 e. The molecular formula is C22H25FN2O2. The number of halogens is 1. The molecule has 0 atom stereocenters. The summed E-state index contributed by atoms with van der Waals surface area (Å²) >= 11 is 0. The van der Waals surface area contributed by atoms with Crippen LogP contribution in [0.15, 0.2) is 48.5 Å². The van der Waals surface area contributed by atoms with Crippen LogP contribution in [0.4, 0.5) is 10.1 Å². The van der Waals surface area contributed by atoms with E-state index in [1.54, 1.807) is 12.1 Å². The Morgan fingerprint density at radius 3 is 2.59 bits per heavy atom. The van der Waals surface area contributed by atoms with Crippen LogP contribution in [-0.4, -0.2) is 43.1 Å². The van der Waals surface area contributed by atoms with Crippen LogP contribution >= 0.6 is 0 Å². The lowest BCUT2D eigenvalue weighted by Gasteiger charge is -2.39. The van der Waals surface area contributed by atoms with E-state index in [1.807, 2.05) is 17.0 Å². The summed E-state index contributed by atoms with van der Waals surface area (Å²) in [5.74, 6) is 0.712. The molecule has 0 unspecified atom stereocenters. The Bertz CT molecular complexity index is 787. The number of anilines is 1. The number of carbonyl (C=O) groups is 1. The summed E-state index contributed by atoms with van der Waals surface area (Å²) in [5.41, 5.74) is 2.30. The number of carbonyl (C=O) groups excluding carboxylic acids is 1. The Balaban J connectivity index is 1.29. The van der Waals surface area contributed by atoms with Crippen LogP contribution in [0.25, 0.3) is 0 Å². The summed E-state index contributed by atoms with van der Waals surface area (Å²) in [7, 11) is 0. The molecule has 0 bridgehead atoms. The van der Waals surface area contributed by atoms with E-state index >= 15 is 0 Å². The maximum absolute atomic E-state index is 12.9. The van der Waals surface area contributed by atoms with Gasteiger partial charge in [0.05, 0.1) is 0 Å². The molecule has 142 valence electrons. The maximum atomic E-state index is 12.9. The Labute approximate surface area is 159 Å². The van der Waals surface area contributed by atoms with Crippen molar-refractivity contribution in [2.24, 2.45) is 0 Å². The molecule has 2 aliphatic rings. The summed E-state index contributed by atoms with van der Waals surface area (Å²) in [6.45, 7) is 3.53. The first-order valence-corrected chi connectivity index (χ1v) is 9.72. The lowest BCUT2D eigenvalue weighted by Crippen LogP contribution is -2.54. The highest BCUT2D eigenvalue weighted by atomic mass is 19.1. The Kier molecular flexibility index (Phi) is 5.39. The van der Waals surface area contributed by atoms with Gasteiger partial charge in [-0.05, 0) is 55.2 Å². The lowest BCUT2D eigenvalue weighted by atomic mass is 10.0. The average Bonchev–Trinajstić information content (AvgIpc) is 2.66. The molecular weight excluding hydrogens is 343 g/mol. The Hall–Kier alpha value is -2.40. The van der Waals surface area contributed by atoms with E-state index in [4.69, 9.17) is 4.74 Å². The van der Waals surface area contributed by atoms with Crippen LogP contribution in [0.3, 0.4) is 0 Å². The number of likely N-dealkylation sites (tertiary alicyclic amines) is 1. The molecule has 0 aliphatic carbocycles. The highest BCUT2D eigenvalue weighted by molar-refractivity contribution is 5.94. The van der Waals surface area contributed by atoms with Gasteiger partial charge in [0.2, 0.25) is 5.91 Å². The Morgan fingerprint density at radius 2 is 1.81 bits per heavy atom. The summed E-state index contributed by atoms with van der Waals surface area (Å²) in [6.07, 6.45) is 3.82. The fourth-order valence-electron chi connectivity index (χ4n) is 3.81. The molecule has 2 aromatic rings. The van der Waals surface area contributed by atoms with Gasteiger partial charge in [-0.15, -0.1) is 0 Å². The van der Waals surface area contributed by atoms with Crippen LogP contribution in [0.2, 0.25) is 0 Å².